The Morgan fingerprint density at radius 2 is 2.15 bits per heavy atom. The molecule has 0 amide bonds. The van der Waals surface area contributed by atoms with Crippen molar-refractivity contribution in [2.75, 3.05) is 0 Å². The summed E-state index contributed by atoms with van der Waals surface area (Å²) < 4.78 is 1.41. The van der Waals surface area contributed by atoms with E-state index in [2.05, 4.69) is 31.9 Å². The van der Waals surface area contributed by atoms with Crippen molar-refractivity contribution in [1.82, 2.24) is 0 Å². The zero-order chi connectivity index (χ0) is 10.0. The number of hydrogen-bond acceptors (Lipinski definition) is 2. The molecule has 0 radical (unpaired) electrons. The molecule has 0 aliphatic rings. The molecule has 1 aromatic carbocycles. The van der Waals surface area contributed by atoms with Crippen LogP contribution in [0, 0.1) is 13.7 Å². The molecule has 0 aromatic heterocycles. The van der Waals surface area contributed by atoms with Crippen LogP contribution in [0.5, 0.6) is 0 Å². The average molecular weight is 421 g/mol. The lowest BCUT2D eigenvalue weighted by atomic mass is 10.2. The van der Waals surface area contributed by atoms with Crippen LogP contribution >= 0.6 is 54.5 Å². The fraction of sp³-hybridized carbons (Fsp3) is 0.143. The third-order valence-corrected chi connectivity index (χ3v) is 3.66. The van der Waals surface area contributed by atoms with Crippen LogP contribution < -0.4 is 0 Å². The van der Waals surface area contributed by atoms with Crippen LogP contribution in [0.4, 0.5) is 5.69 Å². The maximum atomic E-state index is 10.5. The Balaban J connectivity index is 3.28. The molecule has 0 N–H and O–H groups in total. The minimum absolute atomic E-state index is 0.136. The molecule has 0 aliphatic carbocycles. The van der Waals surface area contributed by atoms with Crippen LogP contribution in [0.15, 0.2) is 16.6 Å². The average Bonchev–Trinajstić information content (AvgIpc) is 2.07. The van der Waals surface area contributed by atoms with Crippen LogP contribution in [0.2, 0.25) is 0 Å². The van der Waals surface area contributed by atoms with Gasteiger partial charge in [-0.2, -0.15) is 0 Å². The predicted octanol–water partition coefficient (Wildman–Crippen LogP) is 3.86. The van der Waals surface area contributed by atoms with Gasteiger partial charge in [-0.25, -0.2) is 0 Å². The molecule has 0 atom stereocenters. The normalized spacial score (nSPS) is 10.1. The van der Waals surface area contributed by atoms with Gasteiger partial charge in [0.2, 0.25) is 0 Å². The zero-order valence-corrected chi connectivity index (χ0v) is 11.6. The van der Waals surface area contributed by atoms with Crippen molar-refractivity contribution in [1.29, 1.82) is 0 Å². The fourth-order valence-electron chi connectivity index (χ4n) is 0.820. The first kappa shape index (κ1) is 11.4. The van der Waals surface area contributed by atoms with Crippen molar-refractivity contribution in [2.24, 2.45) is 0 Å². The second-order valence-electron chi connectivity index (χ2n) is 2.29. The number of hydrogen-bond donors (Lipinski definition) is 0. The number of nitrogens with zero attached hydrogens (tertiary/aromatic N) is 1. The highest BCUT2D eigenvalue weighted by Crippen LogP contribution is 2.29. The van der Waals surface area contributed by atoms with Gasteiger partial charge >= 0.3 is 0 Å². The zero-order valence-electron chi connectivity index (χ0n) is 6.26. The molecule has 0 spiro atoms. The fourth-order valence-corrected chi connectivity index (χ4v) is 2.86. The molecule has 0 saturated carbocycles. The second kappa shape index (κ2) is 4.70. The van der Waals surface area contributed by atoms with Gasteiger partial charge in [0.25, 0.3) is 5.69 Å². The molecule has 0 aliphatic heterocycles. The highest BCUT2D eigenvalue weighted by molar-refractivity contribution is 14.1. The van der Waals surface area contributed by atoms with E-state index in [1.165, 1.54) is 6.07 Å². The van der Waals surface area contributed by atoms with E-state index in [4.69, 9.17) is 0 Å². The minimum atomic E-state index is -0.384. The lowest BCUT2D eigenvalue weighted by molar-refractivity contribution is -0.385. The topological polar surface area (TPSA) is 43.1 Å². The number of benzene rings is 1. The molecular weight excluding hydrogens is 417 g/mol. The van der Waals surface area contributed by atoms with Gasteiger partial charge in [-0.1, -0.05) is 31.9 Å². The quantitative estimate of drug-likeness (QED) is 0.315. The summed E-state index contributed by atoms with van der Waals surface area (Å²) in [5.41, 5.74) is 1.15. The van der Waals surface area contributed by atoms with E-state index in [1.54, 1.807) is 6.07 Å². The summed E-state index contributed by atoms with van der Waals surface area (Å²) in [6.07, 6.45) is 0. The Bertz CT molecular complexity index is 357. The van der Waals surface area contributed by atoms with Crippen LogP contribution in [-0.4, -0.2) is 4.92 Å². The van der Waals surface area contributed by atoms with Crippen molar-refractivity contribution in [3.8, 4) is 0 Å². The molecule has 0 bridgehead atoms. The minimum Gasteiger partial charge on any atom is -0.258 e. The highest BCUT2D eigenvalue weighted by Gasteiger charge is 2.14. The van der Waals surface area contributed by atoms with Crippen molar-refractivity contribution in [3.05, 3.63) is 35.9 Å². The van der Waals surface area contributed by atoms with Crippen molar-refractivity contribution in [2.45, 2.75) is 5.33 Å². The lowest BCUT2D eigenvalue weighted by Crippen LogP contribution is -1.93. The Hall–Kier alpha value is 0.310. The van der Waals surface area contributed by atoms with Crippen LogP contribution in [0.1, 0.15) is 5.56 Å². The van der Waals surface area contributed by atoms with Gasteiger partial charge in [0.05, 0.1) is 8.49 Å². The van der Waals surface area contributed by atoms with Crippen LogP contribution in [0.25, 0.3) is 0 Å². The summed E-state index contributed by atoms with van der Waals surface area (Å²) in [5, 5.41) is 11.2. The molecule has 6 heteroatoms. The van der Waals surface area contributed by atoms with E-state index in [0.29, 0.717) is 8.90 Å². The molecule has 1 rings (SSSR count). The Morgan fingerprint density at radius 1 is 1.54 bits per heavy atom. The molecule has 0 fully saturated rings. The lowest BCUT2D eigenvalue weighted by Gasteiger charge is -2.01. The summed E-state index contributed by atoms with van der Waals surface area (Å²) in [7, 11) is 0. The Labute approximate surface area is 105 Å². The van der Waals surface area contributed by atoms with Crippen molar-refractivity contribution >= 4 is 60.1 Å². The number of alkyl halides is 1. The molecule has 0 heterocycles. The summed E-state index contributed by atoms with van der Waals surface area (Å²) in [5.74, 6) is 0. The largest absolute Gasteiger partial charge is 0.283 e. The van der Waals surface area contributed by atoms with Crippen LogP contribution in [0.3, 0.4) is 0 Å². The number of nitro groups is 1. The molecule has 3 nitrogen and oxygen atoms in total. The monoisotopic (exact) mass is 419 g/mol. The third-order valence-electron chi connectivity index (χ3n) is 1.46. The SMILES string of the molecule is O=[N+]([O-])c1cc(Br)c(CBr)cc1I. The Kier molecular flexibility index (Phi) is 4.11. The van der Waals surface area contributed by atoms with E-state index in [9.17, 15) is 10.1 Å². The van der Waals surface area contributed by atoms with E-state index in [1.807, 2.05) is 22.6 Å². The van der Waals surface area contributed by atoms with Gasteiger partial charge < -0.3 is 0 Å². The van der Waals surface area contributed by atoms with Crippen molar-refractivity contribution < 1.29 is 4.92 Å². The summed E-state index contributed by atoms with van der Waals surface area (Å²) >= 11 is 8.53. The second-order valence-corrected chi connectivity index (χ2v) is 4.86. The summed E-state index contributed by atoms with van der Waals surface area (Å²) in [6, 6.07) is 3.32. The number of rotatable bonds is 2. The first-order valence-corrected chi connectivity index (χ1v) is 6.24. The summed E-state index contributed by atoms with van der Waals surface area (Å²) in [4.78, 5) is 10.2. The summed E-state index contributed by atoms with van der Waals surface area (Å²) in [6.45, 7) is 0. The van der Waals surface area contributed by atoms with Gasteiger partial charge in [0.15, 0.2) is 0 Å². The third kappa shape index (κ3) is 2.63. The van der Waals surface area contributed by atoms with Gasteiger partial charge in [0.1, 0.15) is 0 Å². The highest BCUT2D eigenvalue weighted by atomic mass is 127. The van der Waals surface area contributed by atoms with E-state index in [-0.39, 0.29) is 10.6 Å². The van der Waals surface area contributed by atoms with Gasteiger partial charge in [-0.3, -0.25) is 10.1 Å². The number of nitro benzene ring substituents is 1. The van der Waals surface area contributed by atoms with E-state index in [0.717, 1.165) is 10.0 Å². The molecule has 0 unspecified atom stereocenters. The first-order chi connectivity index (χ1) is 6.06. The molecule has 1 aromatic rings. The molecule has 70 valence electrons. The van der Waals surface area contributed by atoms with Gasteiger partial charge in [0, 0.05) is 15.9 Å². The van der Waals surface area contributed by atoms with Crippen molar-refractivity contribution in [3.63, 3.8) is 0 Å². The van der Waals surface area contributed by atoms with E-state index < -0.39 is 0 Å². The van der Waals surface area contributed by atoms with Crippen LogP contribution in [-0.2, 0) is 5.33 Å². The molecule has 13 heavy (non-hydrogen) atoms. The Morgan fingerprint density at radius 3 is 2.62 bits per heavy atom. The first-order valence-electron chi connectivity index (χ1n) is 3.24. The van der Waals surface area contributed by atoms with E-state index >= 15 is 0 Å². The number of halogens is 3. The van der Waals surface area contributed by atoms with Gasteiger partial charge in [-0.05, 0) is 34.2 Å². The smallest absolute Gasteiger partial charge is 0.258 e. The maximum absolute atomic E-state index is 10.5. The molecule has 0 saturated heterocycles. The molecular formula is C7H4Br2INO2. The maximum Gasteiger partial charge on any atom is 0.283 e. The predicted molar refractivity (Wildman–Crippen MR) is 66.1 cm³/mol. The standard InChI is InChI=1S/C7H4Br2INO2/c8-3-4-1-6(10)7(11(12)13)2-5(4)9/h1-2H,3H2. The van der Waals surface area contributed by atoms with Gasteiger partial charge in [-0.15, -0.1) is 0 Å².